The number of ether oxygens (including phenoxy) is 2. The third-order valence-corrected chi connectivity index (χ3v) is 7.28. The van der Waals surface area contributed by atoms with Crippen LogP contribution < -0.4 is 21.0 Å². The summed E-state index contributed by atoms with van der Waals surface area (Å²) in [7, 11) is 1.59. The summed E-state index contributed by atoms with van der Waals surface area (Å²) < 4.78 is 24.8. The largest absolute Gasteiger partial charge is 0.383 e. The van der Waals surface area contributed by atoms with Gasteiger partial charge in [-0.25, -0.2) is 14.4 Å². The molecule has 0 aromatic heterocycles. The van der Waals surface area contributed by atoms with Crippen LogP contribution in [-0.4, -0.2) is 82.1 Å². The van der Waals surface area contributed by atoms with Crippen molar-refractivity contribution in [3.63, 3.8) is 0 Å². The molecule has 1 unspecified atom stereocenters. The van der Waals surface area contributed by atoms with Gasteiger partial charge in [-0.1, -0.05) is 6.07 Å². The Morgan fingerprint density at radius 2 is 2.00 bits per heavy atom. The van der Waals surface area contributed by atoms with Crippen molar-refractivity contribution in [3.05, 3.63) is 64.6 Å². The van der Waals surface area contributed by atoms with Crippen molar-refractivity contribution in [1.29, 1.82) is 0 Å². The van der Waals surface area contributed by atoms with Crippen molar-refractivity contribution in [1.82, 2.24) is 15.8 Å². The van der Waals surface area contributed by atoms with E-state index in [2.05, 4.69) is 21.1 Å². The molecule has 216 valence electrons. The van der Waals surface area contributed by atoms with Crippen LogP contribution in [0.25, 0.3) is 0 Å². The SMILES string of the molecule is COCCNC(=O)C1CN2NC=NC(=Nc3cc(NC(=O)c4cc(F)cc(N5CCOCC5)c4)ccc3C)C2=C1C. The summed E-state index contributed by atoms with van der Waals surface area (Å²) in [5, 5.41) is 7.63. The van der Waals surface area contributed by atoms with E-state index < -0.39 is 11.7 Å². The number of benzene rings is 2. The molecule has 0 aliphatic carbocycles. The minimum absolute atomic E-state index is 0.0855. The molecule has 3 aliphatic heterocycles. The van der Waals surface area contributed by atoms with Gasteiger partial charge in [-0.15, -0.1) is 0 Å². The normalized spacial score (nSPS) is 19.3. The molecule has 0 radical (unpaired) electrons. The maximum absolute atomic E-state index is 14.4. The second-order valence-corrected chi connectivity index (χ2v) is 10.1. The van der Waals surface area contributed by atoms with Crippen LogP contribution in [0.4, 0.5) is 21.5 Å². The minimum atomic E-state index is -0.477. The van der Waals surface area contributed by atoms with Crippen LogP contribution in [0.3, 0.4) is 0 Å². The van der Waals surface area contributed by atoms with Gasteiger partial charge in [0, 0.05) is 43.7 Å². The van der Waals surface area contributed by atoms with Crippen LogP contribution in [-0.2, 0) is 14.3 Å². The Labute approximate surface area is 238 Å². The van der Waals surface area contributed by atoms with Crippen molar-refractivity contribution >= 4 is 41.1 Å². The molecule has 3 heterocycles. The number of hydrogen-bond acceptors (Lipinski definition) is 8. The van der Waals surface area contributed by atoms with E-state index in [1.54, 1.807) is 25.3 Å². The number of fused-ring (bicyclic) bond motifs is 1. The predicted molar refractivity (Wildman–Crippen MR) is 155 cm³/mol. The Bertz CT molecular complexity index is 1420. The smallest absolute Gasteiger partial charge is 0.255 e. The maximum Gasteiger partial charge on any atom is 0.255 e. The number of hydrogen-bond donors (Lipinski definition) is 3. The number of morpholine rings is 1. The molecule has 12 heteroatoms. The second kappa shape index (κ2) is 12.5. The lowest BCUT2D eigenvalue weighted by molar-refractivity contribution is -0.124. The first-order valence-corrected chi connectivity index (χ1v) is 13.5. The molecule has 3 N–H and O–H groups in total. The quantitative estimate of drug-likeness (QED) is 0.423. The first kappa shape index (κ1) is 28.2. The summed E-state index contributed by atoms with van der Waals surface area (Å²) >= 11 is 0. The highest BCUT2D eigenvalue weighted by atomic mass is 19.1. The van der Waals surface area contributed by atoms with Gasteiger partial charge >= 0.3 is 0 Å². The van der Waals surface area contributed by atoms with Crippen molar-refractivity contribution in [2.24, 2.45) is 15.9 Å². The number of rotatable bonds is 8. The number of nitrogens with one attached hydrogen (secondary N) is 3. The second-order valence-electron chi connectivity index (χ2n) is 10.1. The lowest BCUT2D eigenvalue weighted by Crippen LogP contribution is -2.42. The van der Waals surface area contributed by atoms with Gasteiger partial charge in [0.25, 0.3) is 5.91 Å². The molecule has 1 atom stereocenters. The van der Waals surface area contributed by atoms with Gasteiger partial charge in [0.15, 0.2) is 5.84 Å². The number of anilines is 2. The van der Waals surface area contributed by atoms with Crippen molar-refractivity contribution in [3.8, 4) is 0 Å². The van der Waals surface area contributed by atoms with Gasteiger partial charge < -0.3 is 25.0 Å². The zero-order valence-corrected chi connectivity index (χ0v) is 23.4. The van der Waals surface area contributed by atoms with Gasteiger partial charge in [0.2, 0.25) is 5.91 Å². The number of aliphatic imine (C=N–C) groups is 2. The van der Waals surface area contributed by atoms with E-state index in [-0.39, 0.29) is 17.4 Å². The summed E-state index contributed by atoms with van der Waals surface area (Å²) in [6.07, 6.45) is 1.54. The van der Waals surface area contributed by atoms with E-state index in [1.807, 2.05) is 29.8 Å². The van der Waals surface area contributed by atoms with E-state index in [4.69, 9.17) is 14.5 Å². The number of carbonyl (C=O) groups is 2. The number of methoxy groups -OCH3 is 1. The third-order valence-electron chi connectivity index (χ3n) is 7.28. The van der Waals surface area contributed by atoms with Crippen molar-refractivity contribution in [2.45, 2.75) is 13.8 Å². The van der Waals surface area contributed by atoms with Crippen LogP contribution in [0.1, 0.15) is 22.8 Å². The standard InChI is InChI=1S/C29H34FN7O4/c1-18-4-5-22(34-28(38)20-12-21(30)14-23(13-20)36-7-10-41-11-8-36)15-25(18)35-27-26-19(2)24(16-37(26)33-17-32-27)29(39)31-6-9-40-3/h4-5,12-15,17,24H,6-11,16H2,1-3H3,(H,31,39)(H,34,38)(H,32,33,35). The first-order chi connectivity index (χ1) is 19.8. The fourth-order valence-electron chi connectivity index (χ4n) is 5.02. The molecular formula is C29H34FN7O4. The molecule has 0 saturated carbocycles. The number of carbonyl (C=O) groups excluding carboxylic acids is 2. The third kappa shape index (κ3) is 6.39. The van der Waals surface area contributed by atoms with Gasteiger partial charge in [0.1, 0.15) is 17.9 Å². The van der Waals surface area contributed by atoms with Crippen molar-refractivity contribution in [2.75, 3.05) is 63.3 Å². The number of hydrazine groups is 1. The highest BCUT2D eigenvalue weighted by molar-refractivity contribution is 6.07. The van der Waals surface area contributed by atoms with Crippen LogP contribution in [0.15, 0.2) is 57.7 Å². The van der Waals surface area contributed by atoms with E-state index in [0.29, 0.717) is 68.9 Å². The first-order valence-electron chi connectivity index (χ1n) is 13.5. The molecule has 3 aliphatic rings. The average molecular weight is 564 g/mol. The topological polar surface area (TPSA) is 120 Å². The fraction of sp³-hybridized carbons (Fsp3) is 0.379. The summed E-state index contributed by atoms with van der Waals surface area (Å²) in [6.45, 7) is 7.52. The van der Waals surface area contributed by atoms with Crippen LogP contribution in [0, 0.1) is 18.7 Å². The van der Waals surface area contributed by atoms with Gasteiger partial charge in [-0.2, -0.15) is 0 Å². The zero-order valence-electron chi connectivity index (χ0n) is 23.4. The minimum Gasteiger partial charge on any atom is -0.383 e. The molecule has 0 spiro atoms. The van der Waals surface area contributed by atoms with E-state index in [1.165, 1.54) is 18.5 Å². The number of aryl methyl sites for hydroxylation is 1. The highest BCUT2D eigenvalue weighted by Crippen LogP contribution is 2.32. The lowest BCUT2D eigenvalue weighted by Gasteiger charge is -2.29. The van der Waals surface area contributed by atoms with Crippen LogP contribution in [0.2, 0.25) is 0 Å². The van der Waals surface area contributed by atoms with E-state index in [9.17, 15) is 14.0 Å². The number of halogens is 1. The summed E-state index contributed by atoms with van der Waals surface area (Å²) in [6, 6.07) is 9.73. The maximum atomic E-state index is 14.4. The molecule has 41 heavy (non-hydrogen) atoms. The Morgan fingerprint density at radius 3 is 2.78 bits per heavy atom. The molecule has 0 bridgehead atoms. The van der Waals surface area contributed by atoms with E-state index >= 15 is 0 Å². The Kier molecular flexibility index (Phi) is 8.60. The molecule has 2 aromatic rings. The molecule has 1 saturated heterocycles. The number of amides is 2. The summed E-state index contributed by atoms with van der Waals surface area (Å²) in [5.41, 5.74) is 7.54. The Balaban J connectivity index is 1.36. The predicted octanol–water partition coefficient (Wildman–Crippen LogP) is 2.77. The molecular weight excluding hydrogens is 529 g/mol. The van der Waals surface area contributed by atoms with Crippen LogP contribution in [0.5, 0.6) is 0 Å². The number of amidine groups is 1. The highest BCUT2D eigenvalue weighted by Gasteiger charge is 2.37. The zero-order chi connectivity index (χ0) is 28.9. The van der Waals surface area contributed by atoms with Gasteiger partial charge in [0.05, 0.1) is 38.0 Å². The Hall–Kier alpha value is -4.29. The van der Waals surface area contributed by atoms with Crippen molar-refractivity contribution < 1.29 is 23.5 Å². The molecule has 2 amide bonds. The lowest BCUT2D eigenvalue weighted by atomic mass is 10.0. The molecule has 5 rings (SSSR count). The summed E-state index contributed by atoms with van der Waals surface area (Å²) in [5.74, 6) is -0.891. The molecule has 2 aromatic carbocycles. The van der Waals surface area contributed by atoms with Crippen LogP contribution >= 0.6 is 0 Å². The average Bonchev–Trinajstić information content (AvgIpc) is 3.32. The summed E-state index contributed by atoms with van der Waals surface area (Å²) in [4.78, 5) is 37.2. The Morgan fingerprint density at radius 1 is 1.20 bits per heavy atom. The molecule has 1 fully saturated rings. The van der Waals surface area contributed by atoms with E-state index in [0.717, 1.165) is 16.8 Å². The number of nitrogens with zero attached hydrogens (tertiary/aromatic N) is 4. The molecule has 11 nitrogen and oxygen atoms in total. The monoisotopic (exact) mass is 563 g/mol. The van der Waals surface area contributed by atoms with Gasteiger partial charge in [-0.05, 0) is 55.3 Å². The fourth-order valence-corrected chi connectivity index (χ4v) is 5.02. The van der Waals surface area contributed by atoms with Gasteiger partial charge in [-0.3, -0.25) is 20.0 Å².